The van der Waals surface area contributed by atoms with Crippen LogP contribution in [0.5, 0.6) is 0 Å². The second kappa shape index (κ2) is 4.21. The lowest BCUT2D eigenvalue weighted by atomic mass is 9.95. The van der Waals surface area contributed by atoms with Gasteiger partial charge >= 0.3 is 0 Å². The molecule has 0 radical (unpaired) electrons. The molecule has 1 heterocycles. The number of rotatable bonds is 4. The van der Waals surface area contributed by atoms with Crippen LogP contribution < -0.4 is 5.32 Å². The summed E-state index contributed by atoms with van der Waals surface area (Å²) in [6.45, 7) is 6.27. The zero-order valence-electron chi connectivity index (χ0n) is 7.97. The van der Waals surface area contributed by atoms with Crippen molar-refractivity contribution in [2.45, 2.75) is 38.3 Å². The topological polar surface area (TPSA) is 41.5 Å². The van der Waals surface area contributed by atoms with Crippen LogP contribution in [0.25, 0.3) is 0 Å². The van der Waals surface area contributed by atoms with Crippen molar-refractivity contribution in [3.63, 3.8) is 0 Å². The zero-order chi connectivity index (χ0) is 9.03. The first kappa shape index (κ1) is 9.96. The molecular formula is C9H19NO2. The third-order valence-electron chi connectivity index (χ3n) is 2.75. The standard InChI is InChI=1S/C9H19NO2/c1-8-9(2,4-7-12-8)10-5-3-6-11/h8,10-11H,3-7H2,1-2H3. The summed E-state index contributed by atoms with van der Waals surface area (Å²) in [4.78, 5) is 0. The number of nitrogens with one attached hydrogen (secondary N) is 1. The van der Waals surface area contributed by atoms with Crippen molar-refractivity contribution in [1.29, 1.82) is 0 Å². The summed E-state index contributed by atoms with van der Waals surface area (Å²) in [5, 5.41) is 12.0. The number of ether oxygens (including phenoxy) is 1. The van der Waals surface area contributed by atoms with Gasteiger partial charge in [-0.05, 0) is 33.2 Å². The second-order valence-electron chi connectivity index (χ2n) is 3.68. The first-order valence-corrected chi connectivity index (χ1v) is 4.66. The van der Waals surface area contributed by atoms with Gasteiger partial charge in [-0.15, -0.1) is 0 Å². The van der Waals surface area contributed by atoms with E-state index in [0.29, 0.717) is 0 Å². The molecule has 2 unspecified atom stereocenters. The van der Waals surface area contributed by atoms with Crippen molar-refractivity contribution in [1.82, 2.24) is 5.32 Å². The summed E-state index contributed by atoms with van der Waals surface area (Å²) < 4.78 is 5.47. The molecule has 0 aliphatic carbocycles. The fraction of sp³-hybridized carbons (Fsp3) is 1.00. The normalized spacial score (nSPS) is 35.8. The Bertz CT molecular complexity index is 140. The van der Waals surface area contributed by atoms with Gasteiger partial charge < -0.3 is 15.2 Å². The fourth-order valence-electron chi connectivity index (χ4n) is 1.52. The largest absolute Gasteiger partial charge is 0.396 e. The quantitative estimate of drug-likeness (QED) is 0.609. The number of aliphatic hydroxyl groups is 1. The molecule has 72 valence electrons. The molecule has 0 aromatic carbocycles. The minimum absolute atomic E-state index is 0.120. The Balaban J connectivity index is 2.27. The molecule has 1 fully saturated rings. The minimum Gasteiger partial charge on any atom is -0.396 e. The predicted molar refractivity (Wildman–Crippen MR) is 48.1 cm³/mol. The van der Waals surface area contributed by atoms with Gasteiger partial charge in [0.15, 0.2) is 0 Å². The molecule has 0 amide bonds. The molecule has 0 spiro atoms. The highest BCUT2D eigenvalue weighted by Crippen LogP contribution is 2.24. The summed E-state index contributed by atoms with van der Waals surface area (Å²) in [7, 11) is 0. The first-order valence-electron chi connectivity index (χ1n) is 4.66. The maximum atomic E-state index is 8.62. The summed E-state index contributed by atoms with van der Waals surface area (Å²) in [5.74, 6) is 0. The van der Waals surface area contributed by atoms with E-state index in [-0.39, 0.29) is 18.2 Å². The smallest absolute Gasteiger partial charge is 0.0726 e. The molecule has 0 aromatic rings. The van der Waals surface area contributed by atoms with Gasteiger partial charge in [0.1, 0.15) is 0 Å². The molecule has 3 heteroatoms. The summed E-state index contributed by atoms with van der Waals surface area (Å²) in [5.41, 5.74) is 0.120. The Morgan fingerprint density at radius 1 is 1.67 bits per heavy atom. The van der Waals surface area contributed by atoms with E-state index in [9.17, 15) is 0 Å². The highest BCUT2D eigenvalue weighted by atomic mass is 16.5. The molecule has 1 aliphatic heterocycles. The van der Waals surface area contributed by atoms with Crippen LogP contribution in [-0.2, 0) is 4.74 Å². The monoisotopic (exact) mass is 173 g/mol. The van der Waals surface area contributed by atoms with E-state index >= 15 is 0 Å². The average Bonchev–Trinajstić information content (AvgIpc) is 2.34. The summed E-state index contributed by atoms with van der Waals surface area (Å²) in [6, 6.07) is 0. The number of hydrogen-bond acceptors (Lipinski definition) is 3. The molecule has 0 bridgehead atoms. The van der Waals surface area contributed by atoms with Crippen molar-refractivity contribution >= 4 is 0 Å². The lowest BCUT2D eigenvalue weighted by molar-refractivity contribution is 0.0881. The Morgan fingerprint density at radius 3 is 2.92 bits per heavy atom. The van der Waals surface area contributed by atoms with Crippen molar-refractivity contribution in [3.05, 3.63) is 0 Å². The molecule has 0 aromatic heterocycles. The van der Waals surface area contributed by atoms with Gasteiger partial charge in [-0.25, -0.2) is 0 Å². The van der Waals surface area contributed by atoms with Gasteiger partial charge in [0.25, 0.3) is 0 Å². The third kappa shape index (κ3) is 2.19. The van der Waals surface area contributed by atoms with E-state index in [1.807, 2.05) is 0 Å². The number of aliphatic hydroxyl groups excluding tert-OH is 1. The Labute approximate surface area is 74.1 Å². The van der Waals surface area contributed by atoms with E-state index in [1.165, 1.54) is 0 Å². The Hall–Kier alpha value is -0.120. The van der Waals surface area contributed by atoms with E-state index in [1.54, 1.807) is 0 Å². The van der Waals surface area contributed by atoms with Crippen molar-refractivity contribution in [2.75, 3.05) is 19.8 Å². The van der Waals surface area contributed by atoms with Gasteiger partial charge in [-0.2, -0.15) is 0 Å². The molecule has 1 saturated heterocycles. The molecule has 1 rings (SSSR count). The van der Waals surface area contributed by atoms with Gasteiger partial charge in [0, 0.05) is 18.8 Å². The van der Waals surface area contributed by atoms with E-state index in [4.69, 9.17) is 9.84 Å². The Kier molecular flexibility index (Phi) is 3.50. The lowest BCUT2D eigenvalue weighted by Crippen LogP contribution is -2.48. The average molecular weight is 173 g/mol. The van der Waals surface area contributed by atoms with Crippen LogP contribution in [0.4, 0.5) is 0 Å². The summed E-state index contributed by atoms with van der Waals surface area (Å²) >= 11 is 0. The van der Waals surface area contributed by atoms with Crippen molar-refractivity contribution < 1.29 is 9.84 Å². The van der Waals surface area contributed by atoms with E-state index < -0.39 is 0 Å². The molecule has 12 heavy (non-hydrogen) atoms. The Morgan fingerprint density at radius 2 is 2.42 bits per heavy atom. The van der Waals surface area contributed by atoms with Crippen LogP contribution in [0.2, 0.25) is 0 Å². The highest BCUT2D eigenvalue weighted by Gasteiger charge is 2.35. The van der Waals surface area contributed by atoms with E-state index in [2.05, 4.69) is 19.2 Å². The van der Waals surface area contributed by atoms with Gasteiger partial charge in [-0.3, -0.25) is 0 Å². The second-order valence-corrected chi connectivity index (χ2v) is 3.68. The zero-order valence-corrected chi connectivity index (χ0v) is 7.97. The van der Waals surface area contributed by atoms with Gasteiger partial charge in [0.2, 0.25) is 0 Å². The first-order chi connectivity index (χ1) is 5.69. The minimum atomic E-state index is 0.120. The molecule has 2 N–H and O–H groups in total. The van der Waals surface area contributed by atoms with Gasteiger partial charge in [0.05, 0.1) is 6.10 Å². The SMILES string of the molecule is CC1OCCC1(C)NCCCO. The molecule has 1 aliphatic rings. The fourth-order valence-corrected chi connectivity index (χ4v) is 1.52. The van der Waals surface area contributed by atoms with Crippen LogP contribution in [0, 0.1) is 0 Å². The van der Waals surface area contributed by atoms with Gasteiger partial charge in [-0.1, -0.05) is 0 Å². The third-order valence-corrected chi connectivity index (χ3v) is 2.75. The molecule has 3 nitrogen and oxygen atoms in total. The van der Waals surface area contributed by atoms with Crippen LogP contribution in [-0.4, -0.2) is 36.5 Å². The maximum absolute atomic E-state index is 8.62. The predicted octanol–water partition coefficient (Wildman–Crippen LogP) is 0.526. The summed E-state index contributed by atoms with van der Waals surface area (Å²) in [6.07, 6.45) is 2.18. The van der Waals surface area contributed by atoms with Crippen molar-refractivity contribution in [3.8, 4) is 0 Å². The van der Waals surface area contributed by atoms with Crippen LogP contribution in [0.3, 0.4) is 0 Å². The van der Waals surface area contributed by atoms with Crippen LogP contribution in [0.1, 0.15) is 26.7 Å². The maximum Gasteiger partial charge on any atom is 0.0726 e. The molecular weight excluding hydrogens is 154 g/mol. The number of hydrogen-bond donors (Lipinski definition) is 2. The van der Waals surface area contributed by atoms with E-state index in [0.717, 1.165) is 26.0 Å². The molecule has 2 atom stereocenters. The molecule has 0 saturated carbocycles. The van der Waals surface area contributed by atoms with Crippen molar-refractivity contribution in [2.24, 2.45) is 0 Å². The van der Waals surface area contributed by atoms with Crippen LogP contribution >= 0.6 is 0 Å². The van der Waals surface area contributed by atoms with Crippen LogP contribution in [0.15, 0.2) is 0 Å². The highest BCUT2D eigenvalue weighted by molar-refractivity contribution is 4.93. The lowest BCUT2D eigenvalue weighted by Gasteiger charge is -2.28.